The molecule has 0 unspecified atom stereocenters. The van der Waals surface area contributed by atoms with E-state index in [0.717, 1.165) is 0 Å². The molecule has 3 N–H and O–H groups in total. The molecule has 0 amide bonds. The molecule has 3 rings (SSSR count). The average Bonchev–Trinajstić information content (AvgIpc) is 3.13. The summed E-state index contributed by atoms with van der Waals surface area (Å²) in [5.74, 6) is 0.167. The Bertz CT molecular complexity index is 833. The molecular weight excluding hydrogens is 348 g/mol. The maximum Gasteiger partial charge on any atom is 0.261 e. The number of rotatable bonds is 5. The van der Waals surface area contributed by atoms with E-state index in [-0.39, 0.29) is 18.1 Å². The van der Waals surface area contributed by atoms with Gasteiger partial charge in [-0.25, -0.2) is 9.98 Å². The zero-order chi connectivity index (χ0) is 18.1. The Kier molecular flexibility index (Phi) is 5.16. The number of nitrogens with zero attached hydrogens (tertiary/aromatic N) is 3. The third-order valence-corrected chi connectivity index (χ3v) is 4.97. The number of aliphatic imine (C=N–C) groups is 1. The summed E-state index contributed by atoms with van der Waals surface area (Å²) in [5, 5.41) is 22.0. The first-order valence-corrected chi connectivity index (χ1v) is 8.53. The summed E-state index contributed by atoms with van der Waals surface area (Å²) in [6.07, 6.45) is -1.47. The Morgan fingerprint density at radius 3 is 2.92 bits per heavy atom. The second-order valence-electron chi connectivity index (χ2n) is 5.93. The van der Waals surface area contributed by atoms with Gasteiger partial charge in [0.2, 0.25) is 5.95 Å². The van der Waals surface area contributed by atoms with Gasteiger partial charge in [0.25, 0.3) is 5.56 Å². The van der Waals surface area contributed by atoms with Crippen molar-refractivity contribution in [3.05, 3.63) is 20.6 Å². The van der Waals surface area contributed by atoms with Gasteiger partial charge in [-0.15, -0.1) is 11.3 Å². The van der Waals surface area contributed by atoms with Crippen molar-refractivity contribution in [1.29, 1.82) is 0 Å². The van der Waals surface area contributed by atoms with Crippen LogP contribution in [0.4, 0.5) is 5.95 Å². The van der Waals surface area contributed by atoms with Gasteiger partial charge in [0, 0.05) is 26.6 Å². The number of ether oxygens (including phenoxy) is 2. The number of hydrogen-bond acceptors (Lipinski definition) is 8. The van der Waals surface area contributed by atoms with Crippen molar-refractivity contribution in [1.82, 2.24) is 14.9 Å². The summed E-state index contributed by atoms with van der Waals surface area (Å²) in [7, 11) is 5.06. The van der Waals surface area contributed by atoms with Crippen LogP contribution in [-0.4, -0.2) is 77.5 Å². The third-order valence-electron chi connectivity index (χ3n) is 3.94. The Labute approximate surface area is 147 Å². The first-order valence-electron chi connectivity index (χ1n) is 7.65. The molecule has 136 valence electrons. The monoisotopic (exact) mass is 368 g/mol. The van der Waals surface area contributed by atoms with Crippen LogP contribution in [-0.2, 0) is 9.47 Å². The van der Waals surface area contributed by atoms with Crippen LogP contribution in [0, 0.1) is 0 Å². The number of thiophene rings is 1. The van der Waals surface area contributed by atoms with Gasteiger partial charge >= 0.3 is 0 Å². The van der Waals surface area contributed by atoms with Gasteiger partial charge < -0.3 is 24.6 Å². The van der Waals surface area contributed by atoms with Gasteiger partial charge in [-0.2, -0.15) is 0 Å². The van der Waals surface area contributed by atoms with E-state index in [2.05, 4.69) is 15.0 Å². The Balaban J connectivity index is 2.04. The number of aromatic nitrogens is 2. The summed E-state index contributed by atoms with van der Waals surface area (Å²) < 4.78 is 11.0. The van der Waals surface area contributed by atoms with E-state index in [4.69, 9.17) is 9.47 Å². The molecule has 1 aliphatic rings. The number of aliphatic hydroxyl groups is 2. The minimum atomic E-state index is -0.973. The standard InChI is InChI=1S/C15H20N4O5S/c1-19(2)6-16-15-17-9-7(14(22)18-15)5-25-13(9)12-10(21)11(23-3)8(4-20)24-12/h5-6,8,10-12,20-21H,4H2,1-3H3,(H,17,18,22)/t8-,10-,11-,12-/m1/s1. The number of aromatic amines is 1. The molecule has 0 aromatic carbocycles. The molecule has 25 heavy (non-hydrogen) atoms. The van der Waals surface area contributed by atoms with Crippen molar-refractivity contribution < 1.29 is 19.7 Å². The molecule has 9 nitrogen and oxygen atoms in total. The summed E-state index contributed by atoms with van der Waals surface area (Å²) >= 11 is 1.27. The fourth-order valence-electron chi connectivity index (χ4n) is 2.77. The van der Waals surface area contributed by atoms with E-state index >= 15 is 0 Å². The highest BCUT2D eigenvalue weighted by molar-refractivity contribution is 7.11. The number of aliphatic hydroxyl groups excluding tert-OH is 2. The van der Waals surface area contributed by atoms with Crippen LogP contribution in [0.2, 0.25) is 0 Å². The smallest absolute Gasteiger partial charge is 0.261 e. The van der Waals surface area contributed by atoms with Crippen molar-refractivity contribution in [2.75, 3.05) is 27.8 Å². The summed E-state index contributed by atoms with van der Waals surface area (Å²) in [4.78, 5) is 25.7. The van der Waals surface area contributed by atoms with E-state index in [1.807, 2.05) is 0 Å². The van der Waals surface area contributed by atoms with Gasteiger partial charge in [-0.1, -0.05) is 0 Å². The second-order valence-corrected chi connectivity index (χ2v) is 6.84. The van der Waals surface area contributed by atoms with E-state index < -0.39 is 24.4 Å². The number of fused-ring (bicyclic) bond motifs is 1. The van der Waals surface area contributed by atoms with Gasteiger partial charge in [0.15, 0.2) is 0 Å². The van der Waals surface area contributed by atoms with Crippen LogP contribution in [0.5, 0.6) is 0 Å². The molecule has 2 aromatic rings. The van der Waals surface area contributed by atoms with E-state index in [1.54, 1.807) is 24.4 Å². The van der Waals surface area contributed by atoms with Crippen molar-refractivity contribution in [3.63, 3.8) is 0 Å². The molecule has 0 saturated carbocycles. The third kappa shape index (κ3) is 3.31. The van der Waals surface area contributed by atoms with E-state index in [9.17, 15) is 15.0 Å². The van der Waals surface area contributed by atoms with Crippen LogP contribution in [0.25, 0.3) is 10.9 Å². The number of methoxy groups -OCH3 is 1. The highest BCUT2D eigenvalue weighted by Gasteiger charge is 2.45. The minimum Gasteiger partial charge on any atom is -0.394 e. The molecule has 10 heteroatoms. The van der Waals surface area contributed by atoms with Crippen LogP contribution in [0.1, 0.15) is 11.0 Å². The Hall–Kier alpha value is -1.85. The molecule has 2 aromatic heterocycles. The molecule has 0 radical (unpaired) electrons. The van der Waals surface area contributed by atoms with Crippen LogP contribution < -0.4 is 5.56 Å². The predicted molar refractivity (Wildman–Crippen MR) is 93.6 cm³/mol. The van der Waals surface area contributed by atoms with Crippen molar-refractivity contribution in [2.45, 2.75) is 24.4 Å². The normalized spacial score (nSPS) is 26.8. The van der Waals surface area contributed by atoms with Crippen LogP contribution in [0.15, 0.2) is 15.2 Å². The molecule has 4 atom stereocenters. The highest BCUT2D eigenvalue weighted by Crippen LogP contribution is 2.40. The zero-order valence-electron chi connectivity index (χ0n) is 14.0. The lowest BCUT2D eigenvalue weighted by molar-refractivity contribution is -0.0358. The molecule has 1 saturated heterocycles. The SMILES string of the molecule is CO[C@H]1[C@@H](O)[C@H](c2scc3c(=O)[nH]c(N=CN(C)C)nc23)O[C@@H]1CO. The molecule has 3 heterocycles. The molecule has 0 spiro atoms. The molecule has 1 aliphatic heterocycles. The van der Waals surface area contributed by atoms with Gasteiger partial charge in [0.05, 0.1) is 28.7 Å². The fraction of sp³-hybridized carbons (Fsp3) is 0.533. The molecule has 1 fully saturated rings. The fourth-order valence-corrected chi connectivity index (χ4v) is 3.83. The molecule has 0 bridgehead atoms. The minimum absolute atomic E-state index is 0.167. The van der Waals surface area contributed by atoms with E-state index in [1.165, 1.54) is 24.8 Å². The largest absolute Gasteiger partial charge is 0.394 e. The second kappa shape index (κ2) is 7.18. The van der Waals surface area contributed by atoms with Gasteiger partial charge in [0.1, 0.15) is 24.4 Å². The average molecular weight is 368 g/mol. The Morgan fingerprint density at radius 1 is 1.56 bits per heavy atom. The highest BCUT2D eigenvalue weighted by atomic mass is 32.1. The topological polar surface area (TPSA) is 120 Å². The van der Waals surface area contributed by atoms with Crippen molar-refractivity contribution in [2.24, 2.45) is 4.99 Å². The Morgan fingerprint density at radius 2 is 2.32 bits per heavy atom. The first-order chi connectivity index (χ1) is 12.0. The predicted octanol–water partition coefficient (Wildman–Crippen LogP) is 0.0141. The van der Waals surface area contributed by atoms with Crippen LogP contribution in [0.3, 0.4) is 0 Å². The lowest BCUT2D eigenvalue weighted by Crippen LogP contribution is -2.34. The maximum absolute atomic E-state index is 12.3. The number of hydrogen-bond donors (Lipinski definition) is 3. The molecular formula is C15H20N4O5S. The number of nitrogens with one attached hydrogen (secondary N) is 1. The van der Waals surface area contributed by atoms with Crippen molar-refractivity contribution >= 4 is 34.5 Å². The first kappa shape index (κ1) is 18.0. The quantitative estimate of drug-likeness (QED) is 0.502. The summed E-state index contributed by atoms with van der Waals surface area (Å²) in [5.41, 5.74) is 0.116. The van der Waals surface area contributed by atoms with Crippen molar-refractivity contribution in [3.8, 4) is 0 Å². The van der Waals surface area contributed by atoms with Gasteiger partial charge in [-0.3, -0.25) is 9.78 Å². The van der Waals surface area contributed by atoms with E-state index in [0.29, 0.717) is 15.8 Å². The lowest BCUT2D eigenvalue weighted by Gasteiger charge is -2.16. The van der Waals surface area contributed by atoms with Gasteiger partial charge in [-0.05, 0) is 0 Å². The zero-order valence-corrected chi connectivity index (χ0v) is 14.9. The van der Waals surface area contributed by atoms with Crippen LogP contribution >= 0.6 is 11.3 Å². The maximum atomic E-state index is 12.3. The number of H-pyrrole nitrogens is 1. The molecule has 0 aliphatic carbocycles. The summed E-state index contributed by atoms with van der Waals surface area (Å²) in [6, 6.07) is 0. The summed E-state index contributed by atoms with van der Waals surface area (Å²) in [6.45, 7) is -0.276. The lowest BCUT2D eigenvalue weighted by atomic mass is 10.1.